The fourth-order valence-electron chi connectivity index (χ4n) is 6.11. The highest BCUT2D eigenvalue weighted by Gasteiger charge is 2.16. The van der Waals surface area contributed by atoms with Crippen LogP contribution in [0.15, 0.2) is 35.2 Å². The summed E-state index contributed by atoms with van der Waals surface area (Å²) < 4.78 is 34.6. The third-order valence-electron chi connectivity index (χ3n) is 8.71. The van der Waals surface area contributed by atoms with Crippen LogP contribution in [0.1, 0.15) is 173 Å². The first kappa shape index (κ1) is 35.8. The molecule has 3 nitrogen and oxygen atoms in total. The molecule has 0 fully saturated rings. The molecule has 0 saturated heterocycles. The average Bonchev–Trinajstić information content (AvgIpc) is 2.95. The molecule has 2 rings (SSSR count). The third-order valence-corrected chi connectivity index (χ3v) is 9.60. The van der Waals surface area contributed by atoms with E-state index < -0.39 is 10.1 Å². The predicted molar refractivity (Wildman–Crippen MR) is 179 cm³/mol. The van der Waals surface area contributed by atoms with Gasteiger partial charge in [0.15, 0.2) is 0 Å². The molecule has 0 heterocycles. The van der Waals surface area contributed by atoms with Crippen molar-refractivity contribution in [3.05, 3.63) is 41.5 Å². The van der Waals surface area contributed by atoms with Gasteiger partial charge in [-0.15, -0.1) is 0 Å². The van der Waals surface area contributed by atoms with Gasteiger partial charge in [-0.05, 0) is 54.3 Å². The van der Waals surface area contributed by atoms with Crippen LogP contribution in [-0.2, 0) is 23.0 Å². The molecule has 2 aromatic rings. The standard InChI is InChI=1S/C37H62O3S/c1-3-5-7-9-11-12-13-14-15-16-17-18-19-21-23-25-27-34-30-35-29-28-33(26-24-22-20-10-8-6-4-2)31-36(35)37(32-34)41(38,39)40/h28-32H,3-27H2,1-2H3,(H,38,39,40). The minimum absolute atomic E-state index is 0.0721. The molecular formula is C37H62O3S. The first-order valence-corrected chi connectivity index (χ1v) is 18.9. The van der Waals surface area contributed by atoms with Crippen molar-refractivity contribution in [2.75, 3.05) is 0 Å². The molecule has 0 unspecified atom stereocenters. The SMILES string of the molecule is CCCCCCCCCCCCCCCCCCc1cc(S(=O)(=O)O)c2cc(CCCCCCCCC)ccc2c1. The van der Waals surface area contributed by atoms with E-state index in [1.807, 2.05) is 12.1 Å². The minimum Gasteiger partial charge on any atom is -0.282 e. The van der Waals surface area contributed by atoms with Crippen LogP contribution < -0.4 is 0 Å². The van der Waals surface area contributed by atoms with Gasteiger partial charge in [0.1, 0.15) is 4.90 Å². The number of benzene rings is 2. The summed E-state index contributed by atoms with van der Waals surface area (Å²) in [7, 11) is -4.27. The van der Waals surface area contributed by atoms with Crippen molar-refractivity contribution in [2.45, 2.75) is 179 Å². The van der Waals surface area contributed by atoms with Crippen LogP contribution >= 0.6 is 0 Å². The Hall–Kier alpha value is -1.39. The Morgan fingerprint density at radius 2 is 0.878 bits per heavy atom. The van der Waals surface area contributed by atoms with E-state index in [0.29, 0.717) is 5.39 Å². The van der Waals surface area contributed by atoms with Gasteiger partial charge in [0.05, 0.1) is 0 Å². The minimum atomic E-state index is -4.27. The van der Waals surface area contributed by atoms with Gasteiger partial charge in [0.25, 0.3) is 10.1 Å². The second-order valence-corrected chi connectivity index (χ2v) is 13.9. The normalized spacial score (nSPS) is 12.0. The summed E-state index contributed by atoms with van der Waals surface area (Å²) in [6.07, 6.45) is 32.2. The van der Waals surface area contributed by atoms with Gasteiger partial charge >= 0.3 is 0 Å². The Morgan fingerprint density at radius 3 is 1.29 bits per heavy atom. The van der Waals surface area contributed by atoms with Crippen LogP contribution in [0, 0.1) is 0 Å². The lowest BCUT2D eigenvalue weighted by Crippen LogP contribution is -2.02. The van der Waals surface area contributed by atoms with Gasteiger partial charge in [-0.1, -0.05) is 167 Å². The van der Waals surface area contributed by atoms with Crippen molar-refractivity contribution >= 4 is 20.9 Å². The van der Waals surface area contributed by atoms with Crippen LogP contribution in [0.3, 0.4) is 0 Å². The summed E-state index contributed by atoms with van der Waals surface area (Å²) in [5, 5.41) is 1.57. The van der Waals surface area contributed by atoms with Gasteiger partial charge in [-0.2, -0.15) is 8.42 Å². The van der Waals surface area contributed by atoms with Crippen LogP contribution in [-0.4, -0.2) is 13.0 Å². The molecule has 1 N–H and O–H groups in total. The first-order valence-electron chi connectivity index (χ1n) is 17.5. The fraction of sp³-hybridized carbons (Fsp3) is 0.730. The Labute approximate surface area is 254 Å². The topological polar surface area (TPSA) is 54.4 Å². The molecule has 0 aliphatic carbocycles. The van der Waals surface area contributed by atoms with Gasteiger partial charge in [0.2, 0.25) is 0 Å². The molecule has 0 aromatic heterocycles. The molecule has 2 aromatic carbocycles. The molecule has 0 radical (unpaired) electrons. The lowest BCUT2D eigenvalue weighted by atomic mass is 9.98. The van der Waals surface area contributed by atoms with Crippen LogP contribution in [0.4, 0.5) is 0 Å². The summed E-state index contributed by atoms with van der Waals surface area (Å²) in [6, 6.07) is 9.98. The van der Waals surface area contributed by atoms with E-state index in [2.05, 4.69) is 26.0 Å². The Morgan fingerprint density at radius 1 is 0.488 bits per heavy atom. The maximum Gasteiger partial charge on any atom is 0.295 e. The third kappa shape index (κ3) is 16.1. The quantitative estimate of drug-likeness (QED) is 0.0881. The Kier molecular flexibility index (Phi) is 19.4. The van der Waals surface area contributed by atoms with Crippen LogP contribution in [0.2, 0.25) is 0 Å². The Balaban J connectivity index is 1.67. The number of aryl methyl sites for hydroxylation is 2. The first-order chi connectivity index (χ1) is 20.0. The number of hydrogen-bond donors (Lipinski definition) is 1. The zero-order chi connectivity index (χ0) is 29.6. The van der Waals surface area contributed by atoms with Crippen molar-refractivity contribution in [1.29, 1.82) is 0 Å². The summed E-state index contributed by atoms with van der Waals surface area (Å²) in [5.74, 6) is 0. The summed E-state index contributed by atoms with van der Waals surface area (Å²) in [5.41, 5.74) is 2.16. The van der Waals surface area contributed by atoms with E-state index in [9.17, 15) is 13.0 Å². The lowest BCUT2D eigenvalue weighted by Gasteiger charge is -2.11. The molecule has 0 saturated carbocycles. The zero-order valence-electron chi connectivity index (χ0n) is 26.7. The highest BCUT2D eigenvalue weighted by molar-refractivity contribution is 7.86. The van der Waals surface area contributed by atoms with Crippen molar-refractivity contribution in [3.63, 3.8) is 0 Å². The van der Waals surface area contributed by atoms with Crippen molar-refractivity contribution in [3.8, 4) is 0 Å². The Bertz CT molecular complexity index is 1040. The van der Waals surface area contributed by atoms with Gasteiger partial charge < -0.3 is 0 Å². The second-order valence-electron chi connectivity index (χ2n) is 12.5. The average molecular weight is 587 g/mol. The summed E-state index contributed by atoms with van der Waals surface area (Å²) in [4.78, 5) is 0.0721. The highest BCUT2D eigenvalue weighted by atomic mass is 32.2. The maximum atomic E-state index is 12.3. The number of fused-ring (bicyclic) bond motifs is 1. The molecule has 0 atom stereocenters. The van der Waals surface area contributed by atoms with Crippen LogP contribution in [0.5, 0.6) is 0 Å². The lowest BCUT2D eigenvalue weighted by molar-refractivity contribution is 0.484. The van der Waals surface area contributed by atoms with Gasteiger partial charge in [-0.3, -0.25) is 4.55 Å². The van der Waals surface area contributed by atoms with Gasteiger partial charge in [-0.25, -0.2) is 0 Å². The monoisotopic (exact) mass is 586 g/mol. The van der Waals surface area contributed by atoms with E-state index in [1.165, 1.54) is 135 Å². The summed E-state index contributed by atoms with van der Waals surface area (Å²) >= 11 is 0. The largest absolute Gasteiger partial charge is 0.295 e. The summed E-state index contributed by atoms with van der Waals surface area (Å²) in [6.45, 7) is 4.52. The predicted octanol–water partition coefficient (Wildman–Crippen LogP) is 12.2. The molecule has 41 heavy (non-hydrogen) atoms. The fourth-order valence-corrected chi connectivity index (χ4v) is 6.86. The maximum absolute atomic E-state index is 12.3. The number of rotatable bonds is 26. The van der Waals surface area contributed by atoms with E-state index in [0.717, 1.165) is 42.2 Å². The van der Waals surface area contributed by atoms with Crippen molar-refractivity contribution in [1.82, 2.24) is 0 Å². The van der Waals surface area contributed by atoms with Crippen molar-refractivity contribution < 1.29 is 13.0 Å². The van der Waals surface area contributed by atoms with E-state index in [1.54, 1.807) is 6.07 Å². The van der Waals surface area contributed by atoms with E-state index in [-0.39, 0.29) is 4.90 Å². The smallest absolute Gasteiger partial charge is 0.282 e. The molecule has 0 aliphatic heterocycles. The molecule has 0 spiro atoms. The molecule has 0 bridgehead atoms. The number of hydrogen-bond acceptors (Lipinski definition) is 2. The van der Waals surface area contributed by atoms with Crippen molar-refractivity contribution in [2.24, 2.45) is 0 Å². The van der Waals surface area contributed by atoms with E-state index in [4.69, 9.17) is 0 Å². The molecule has 0 amide bonds. The van der Waals surface area contributed by atoms with Crippen LogP contribution in [0.25, 0.3) is 10.8 Å². The molecular weight excluding hydrogens is 524 g/mol. The van der Waals surface area contributed by atoms with E-state index >= 15 is 0 Å². The molecule has 0 aliphatic rings. The highest BCUT2D eigenvalue weighted by Crippen LogP contribution is 2.28. The molecule has 234 valence electrons. The number of unbranched alkanes of at least 4 members (excludes halogenated alkanes) is 21. The zero-order valence-corrected chi connectivity index (χ0v) is 27.6. The van der Waals surface area contributed by atoms with Gasteiger partial charge in [0, 0.05) is 5.39 Å². The second kappa shape index (κ2) is 22.2. The molecule has 4 heteroatoms.